The van der Waals surface area contributed by atoms with Crippen molar-refractivity contribution in [2.24, 2.45) is 0 Å². The fourth-order valence-corrected chi connectivity index (χ4v) is 3.41. The highest BCUT2D eigenvalue weighted by atomic mass is 127. The van der Waals surface area contributed by atoms with E-state index in [0.717, 1.165) is 21.7 Å². The second-order valence-corrected chi connectivity index (χ2v) is 6.37. The fourth-order valence-electron chi connectivity index (χ4n) is 1.97. The van der Waals surface area contributed by atoms with Gasteiger partial charge in [-0.15, -0.1) is 11.3 Å². The average Bonchev–Trinajstić information content (AvgIpc) is 2.89. The van der Waals surface area contributed by atoms with Crippen molar-refractivity contribution in [2.75, 3.05) is 0 Å². The summed E-state index contributed by atoms with van der Waals surface area (Å²) in [6, 6.07) is 11.8. The molecule has 0 radical (unpaired) electrons. The minimum atomic E-state index is -0.0951. The summed E-state index contributed by atoms with van der Waals surface area (Å²) in [5.74, 6) is 0.641. The van der Waals surface area contributed by atoms with E-state index in [4.69, 9.17) is 0 Å². The molecule has 0 aliphatic carbocycles. The molecule has 0 amide bonds. The molecule has 0 atom stereocenters. The van der Waals surface area contributed by atoms with E-state index >= 15 is 0 Å². The quantitative estimate of drug-likeness (QED) is 0.666. The van der Waals surface area contributed by atoms with Crippen molar-refractivity contribution in [3.05, 3.63) is 61.3 Å². The van der Waals surface area contributed by atoms with Gasteiger partial charge >= 0.3 is 0 Å². The molecule has 0 spiro atoms. The molecule has 0 unspecified atom stereocenters. The molecular weight excluding hydrogens is 383 g/mol. The Balaban J connectivity index is 2.24. The van der Waals surface area contributed by atoms with Gasteiger partial charge in [0.15, 0.2) is 5.82 Å². The predicted molar refractivity (Wildman–Crippen MR) is 91.1 cm³/mol. The lowest BCUT2D eigenvalue weighted by Crippen LogP contribution is -2.14. The van der Waals surface area contributed by atoms with Crippen LogP contribution in [0.3, 0.4) is 0 Å². The van der Waals surface area contributed by atoms with Crippen LogP contribution >= 0.6 is 33.9 Å². The molecular formula is C15H11IN2OS. The van der Waals surface area contributed by atoms with E-state index in [2.05, 4.69) is 9.97 Å². The van der Waals surface area contributed by atoms with Crippen molar-refractivity contribution >= 4 is 33.9 Å². The summed E-state index contributed by atoms with van der Waals surface area (Å²) in [5.41, 5.74) is 2.72. The Morgan fingerprint density at radius 3 is 2.60 bits per heavy atom. The van der Waals surface area contributed by atoms with Crippen LogP contribution in [-0.2, 0) is 0 Å². The number of hydrogen-bond acceptors (Lipinski definition) is 3. The lowest BCUT2D eigenvalue weighted by atomic mass is 10.1. The second-order valence-electron chi connectivity index (χ2n) is 4.38. The normalized spacial score (nSPS) is 10.7. The molecule has 5 heteroatoms. The molecule has 0 bridgehead atoms. The molecule has 100 valence electrons. The zero-order valence-corrected chi connectivity index (χ0v) is 13.7. The Morgan fingerprint density at radius 2 is 1.95 bits per heavy atom. The molecule has 3 aromatic rings. The third-order valence-electron chi connectivity index (χ3n) is 2.99. The van der Waals surface area contributed by atoms with Crippen LogP contribution in [0.25, 0.3) is 22.0 Å². The molecule has 20 heavy (non-hydrogen) atoms. The highest BCUT2D eigenvalue weighted by Crippen LogP contribution is 2.28. The van der Waals surface area contributed by atoms with Crippen molar-refractivity contribution in [2.45, 2.75) is 6.92 Å². The molecule has 1 aromatic carbocycles. The Hall–Kier alpha value is -1.47. The van der Waals surface area contributed by atoms with Crippen molar-refractivity contribution in [1.29, 1.82) is 0 Å². The minimum absolute atomic E-state index is 0.0951. The molecule has 2 heterocycles. The molecule has 0 aliphatic rings. The van der Waals surface area contributed by atoms with Gasteiger partial charge in [-0.1, -0.05) is 30.3 Å². The van der Waals surface area contributed by atoms with Crippen LogP contribution in [-0.4, -0.2) is 9.97 Å². The van der Waals surface area contributed by atoms with Gasteiger partial charge in [0.1, 0.15) is 3.57 Å². The fraction of sp³-hybridized carbons (Fsp3) is 0.0667. The number of rotatable bonds is 2. The highest BCUT2D eigenvalue weighted by molar-refractivity contribution is 14.1. The average molecular weight is 394 g/mol. The van der Waals surface area contributed by atoms with Crippen LogP contribution in [0.1, 0.15) is 5.56 Å². The van der Waals surface area contributed by atoms with Gasteiger partial charge in [-0.25, -0.2) is 4.98 Å². The van der Waals surface area contributed by atoms with Crippen molar-refractivity contribution in [3.8, 4) is 22.0 Å². The highest BCUT2D eigenvalue weighted by Gasteiger charge is 2.13. The smallest absolute Gasteiger partial charge is 0.265 e. The molecule has 0 aliphatic heterocycles. The Kier molecular flexibility index (Phi) is 3.71. The maximum Gasteiger partial charge on any atom is 0.265 e. The summed E-state index contributed by atoms with van der Waals surface area (Å²) < 4.78 is 0.617. The number of thiophene rings is 1. The molecule has 0 saturated carbocycles. The Bertz CT molecular complexity index is 808. The van der Waals surface area contributed by atoms with Gasteiger partial charge in [0, 0.05) is 5.56 Å². The summed E-state index contributed by atoms with van der Waals surface area (Å²) in [7, 11) is 0. The maximum atomic E-state index is 12.1. The first-order valence-electron chi connectivity index (χ1n) is 6.06. The van der Waals surface area contributed by atoms with Gasteiger partial charge in [0.2, 0.25) is 0 Å². The number of H-pyrrole nitrogens is 1. The van der Waals surface area contributed by atoms with E-state index in [9.17, 15) is 4.79 Å². The summed E-state index contributed by atoms with van der Waals surface area (Å²) in [4.78, 5) is 20.7. The SMILES string of the molecule is Cc1ccsc1-c1nc(-c2ccccc2)c(I)c(=O)[nH]1. The van der Waals surface area contributed by atoms with Gasteiger partial charge in [0.05, 0.1) is 10.6 Å². The summed E-state index contributed by atoms with van der Waals surface area (Å²) in [5, 5.41) is 2.00. The van der Waals surface area contributed by atoms with E-state index < -0.39 is 0 Å². The molecule has 3 nitrogen and oxygen atoms in total. The summed E-state index contributed by atoms with van der Waals surface area (Å²) in [6.45, 7) is 2.02. The number of halogens is 1. The first kappa shape index (κ1) is 13.5. The molecule has 1 N–H and O–H groups in total. The van der Waals surface area contributed by atoms with Crippen LogP contribution in [0.2, 0.25) is 0 Å². The van der Waals surface area contributed by atoms with Crippen LogP contribution in [0.5, 0.6) is 0 Å². The van der Waals surface area contributed by atoms with Crippen molar-refractivity contribution in [3.63, 3.8) is 0 Å². The zero-order chi connectivity index (χ0) is 14.1. The summed E-state index contributed by atoms with van der Waals surface area (Å²) >= 11 is 3.63. The van der Waals surface area contributed by atoms with Crippen LogP contribution < -0.4 is 5.56 Å². The number of aryl methyl sites for hydroxylation is 1. The third-order valence-corrected chi connectivity index (χ3v) is 5.01. The van der Waals surface area contributed by atoms with Gasteiger partial charge < -0.3 is 4.98 Å². The van der Waals surface area contributed by atoms with E-state index in [1.807, 2.05) is 71.3 Å². The topological polar surface area (TPSA) is 45.8 Å². The van der Waals surface area contributed by atoms with E-state index in [1.54, 1.807) is 11.3 Å². The van der Waals surface area contributed by atoms with Crippen LogP contribution in [0.15, 0.2) is 46.6 Å². The standard InChI is InChI=1S/C15H11IN2OS/c1-9-7-8-20-13(9)14-17-12(11(16)15(19)18-14)10-5-3-2-4-6-10/h2-8H,1H3,(H,17,18,19). The largest absolute Gasteiger partial charge is 0.305 e. The number of aromatic amines is 1. The molecule has 0 fully saturated rings. The number of benzene rings is 1. The van der Waals surface area contributed by atoms with Gasteiger partial charge in [-0.3, -0.25) is 4.79 Å². The number of hydrogen-bond donors (Lipinski definition) is 1. The van der Waals surface area contributed by atoms with Gasteiger partial charge in [-0.05, 0) is 46.5 Å². The Labute approximate surface area is 133 Å². The van der Waals surface area contributed by atoms with E-state index in [-0.39, 0.29) is 5.56 Å². The first-order chi connectivity index (χ1) is 9.66. The second kappa shape index (κ2) is 5.49. The number of nitrogens with one attached hydrogen (secondary N) is 1. The Morgan fingerprint density at radius 1 is 1.20 bits per heavy atom. The monoisotopic (exact) mass is 394 g/mol. The summed E-state index contributed by atoms with van der Waals surface area (Å²) in [6.07, 6.45) is 0. The van der Waals surface area contributed by atoms with Crippen LogP contribution in [0, 0.1) is 10.5 Å². The van der Waals surface area contributed by atoms with E-state index in [1.165, 1.54) is 0 Å². The lowest BCUT2D eigenvalue weighted by molar-refractivity contribution is 1.12. The van der Waals surface area contributed by atoms with Crippen molar-refractivity contribution < 1.29 is 0 Å². The zero-order valence-electron chi connectivity index (χ0n) is 10.7. The maximum absolute atomic E-state index is 12.1. The van der Waals surface area contributed by atoms with Crippen molar-refractivity contribution in [1.82, 2.24) is 9.97 Å². The molecule has 2 aromatic heterocycles. The molecule has 0 saturated heterocycles. The third kappa shape index (κ3) is 2.43. The van der Waals surface area contributed by atoms with Gasteiger partial charge in [0.25, 0.3) is 5.56 Å². The molecule has 3 rings (SSSR count). The number of aromatic nitrogens is 2. The minimum Gasteiger partial charge on any atom is -0.305 e. The first-order valence-corrected chi connectivity index (χ1v) is 8.02. The van der Waals surface area contributed by atoms with Gasteiger partial charge in [-0.2, -0.15) is 0 Å². The van der Waals surface area contributed by atoms with Crippen LogP contribution in [0.4, 0.5) is 0 Å². The number of nitrogens with zero attached hydrogens (tertiary/aromatic N) is 1. The predicted octanol–water partition coefficient (Wildman–Crippen LogP) is 4.08. The van der Waals surface area contributed by atoms with E-state index in [0.29, 0.717) is 9.39 Å². The lowest BCUT2D eigenvalue weighted by Gasteiger charge is -2.06.